The lowest BCUT2D eigenvalue weighted by molar-refractivity contribution is -0.122. The van der Waals surface area contributed by atoms with Crippen molar-refractivity contribution < 1.29 is 4.79 Å². The van der Waals surface area contributed by atoms with Crippen LogP contribution in [0.15, 0.2) is 35.3 Å². The van der Waals surface area contributed by atoms with Crippen molar-refractivity contribution in [1.29, 1.82) is 0 Å². The van der Waals surface area contributed by atoms with Gasteiger partial charge in [-0.25, -0.2) is 4.98 Å². The Morgan fingerprint density at radius 2 is 1.91 bits per heavy atom. The number of para-hydroxylation sites is 1. The fourth-order valence-electron chi connectivity index (χ4n) is 4.63. The third-order valence-electron chi connectivity index (χ3n) is 6.69. The molecule has 1 amide bonds. The maximum absolute atomic E-state index is 12.5. The van der Waals surface area contributed by atoms with Gasteiger partial charge in [0, 0.05) is 54.7 Å². The van der Waals surface area contributed by atoms with Gasteiger partial charge in [0.25, 0.3) is 5.56 Å². The minimum absolute atomic E-state index is 0.0511. The lowest BCUT2D eigenvalue weighted by Gasteiger charge is -2.33. The second-order valence-corrected chi connectivity index (χ2v) is 10.2. The van der Waals surface area contributed by atoms with E-state index >= 15 is 0 Å². The van der Waals surface area contributed by atoms with Crippen molar-refractivity contribution in [2.24, 2.45) is 0 Å². The Kier molecular flexibility index (Phi) is 6.49. The molecule has 0 atom stereocenters. The van der Waals surface area contributed by atoms with Crippen LogP contribution in [0.1, 0.15) is 21.8 Å². The summed E-state index contributed by atoms with van der Waals surface area (Å²) in [5.74, 6) is 0.774. The number of H-pyrrole nitrogens is 2. The minimum atomic E-state index is -0.0511. The number of aromatic nitrogens is 3. The van der Waals surface area contributed by atoms with Gasteiger partial charge in [-0.2, -0.15) is 0 Å². The van der Waals surface area contributed by atoms with Crippen molar-refractivity contribution in [3.8, 4) is 0 Å². The van der Waals surface area contributed by atoms with E-state index in [0.29, 0.717) is 30.8 Å². The number of carbonyl (C=O) groups excluding carboxylic acids is 1. The highest BCUT2D eigenvalue weighted by Gasteiger charge is 2.20. The van der Waals surface area contributed by atoms with Crippen LogP contribution >= 0.6 is 11.3 Å². The first-order chi connectivity index (χ1) is 16.5. The first-order valence-corrected chi connectivity index (χ1v) is 12.5. The molecular formula is C25H30N6O2S. The molecule has 1 saturated heterocycles. The van der Waals surface area contributed by atoms with E-state index in [1.54, 1.807) is 11.3 Å². The topological polar surface area (TPSA) is 97.1 Å². The number of aromatic amines is 2. The molecule has 1 aliphatic heterocycles. The van der Waals surface area contributed by atoms with Crippen molar-refractivity contribution in [2.75, 3.05) is 39.3 Å². The van der Waals surface area contributed by atoms with Crippen LogP contribution in [0.25, 0.3) is 21.1 Å². The Labute approximate surface area is 202 Å². The van der Waals surface area contributed by atoms with Gasteiger partial charge in [0.15, 0.2) is 0 Å². The van der Waals surface area contributed by atoms with Crippen LogP contribution in [0.5, 0.6) is 0 Å². The van der Waals surface area contributed by atoms with Crippen molar-refractivity contribution in [1.82, 2.24) is 30.1 Å². The van der Waals surface area contributed by atoms with Gasteiger partial charge in [0.1, 0.15) is 10.7 Å². The van der Waals surface area contributed by atoms with Crippen molar-refractivity contribution in [3.05, 3.63) is 62.6 Å². The van der Waals surface area contributed by atoms with Crippen LogP contribution < -0.4 is 10.9 Å². The highest BCUT2D eigenvalue weighted by atomic mass is 32.1. The number of rotatable bonds is 7. The summed E-state index contributed by atoms with van der Waals surface area (Å²) in [7, 11) is 0. The summed E-state index contributed by atoms with van der Waals surface area (Å²) >= 11 is 1.58. The smallest absolute Gasteiger partial charge is 0.259 e. The van der Waals surface area contributed by atoms with Gasteiger partial charge in [0.05, 0.1) is 18.5 Å². The molecule has 8 nitrogen and oxygen atoms in total. The molecule has 178 valence electrons. The number of nitrogens with zero attached hydrogens (tertiary/aromatic N) is 3. The Morgan fingerprint density at radius 3 is 2.74 bits per heavy atom. The van der Waals surface area contributed by atoms with Gasteiger partial charge in [-0.05, 0) is 37.5 Å². The molecule has 4 heterocycles. The van der Waals surface area contributed by atoms with Gasteiger partial charge >= 0.3 is 0 Å². The Hall–Kier alpha value is -3.01. The van der Waals surface area contributed by atoms with Gasteiger partial charge < -0.3 is 15.3 Å². The zero-order chi connectivity index (χ0) is 23.7. The molecule has 3 aromatic heterocycles. The van der Waals surface area contributed by atoms with E-state index in [2.05, 4.69) is 37.2 Å². The molecule has 0 radical (unpaired) electrons. The van der Waals surface area contributed by atoms with Gasteiger partial charge in [-0.1, -0.05) is 18.2 Å². The van der Waals surface area contributed by atoms with Crippen molar-refractivity contribution in [3.63, 3.8) is 0 Å². The van der Waals surface area contributed by atoms with E-state index in [0.717, 1.165) is 53.4 Å². The van der Waals surface area contributed by atoms with E-state index < -0.39 is 0 Å². The third kappa shape index (κ3) is 4.77. The molecule has 0 saturated carbocycles. The maximum atomic E-state index is 12.5. The highest BCUT2D eigenvalue weighted by Crippen LogP contribution is 2.25. The number of nitrogens with one attached hydrogen (secondary N) is 3. The highest BCUT2D eigenvalue weighted by molar-refractivity contribution is 7.18. The SMILES string of the molecule is Cc1sc2nc(CN3CCN(CC(=O)NCCc4c[nH]c5ccccc45)CC3)[nH]c(=O)c2c1C. The van der Waals surface area contributed by atoms with E-state index in [1.807, 2.05) is 32.2 Å². The summed E-state index contributed by atoms with van der Waals surface area (Å²) in [6.07, 6.45) is 2.83. The number of piperazine rings is 1. The Bertz CT molecular complexity index is 1380. The zero-order valence-electron chi connectivity index (χ0n) is 19.6. The van der Waals surface area contributed by atoms with Crippen LogP contribution in [0, 0.1) is 13.8 Å². The van der Waals surface area contributed by atoms with Gasteiger partial charge in [-0.15, -0.1) is 11.3 Å². The summed E-state index contributed by atoms with van der Waals surface area (Å²) in [4.78, 5) is 42.3. The van der Waals surface area contributed by atoms with E-state index in [9.17, 15) is 9.59 Å². The summed E-state index contributed by atoms with van der Waals surface area (Å²) in [5.41, 5.74) is 3.32. The molecule has 4 aromatic rings. The predicted molar refractivity (Wildman–Crippen MR) is 136 cm³/mol. The predicted octanol–water partition coefficient (Wildman–Crippen LogP) is 2.56. The molecule has 1 aromatic carbocycles. The molecule has 9 heteroatoms. The number of benzene rings is 1. The molecule has 1 fully saturated rings. The summed E-state index contributed by atoms with van der Waals surface area (Å²) in [5, 5.41) is 4.99. The number of thiophene rings is 1. The molecule has 1 aliphatic rings. The number of carbonyl (C=O) groups is 1. The number of amides is 1. The molecule has 34 heavy (non-hydrogen) atoms. The van der Waals surface area contributed by atoms with Crippen molar-refractivity contribution >= 4 is 38.4 Å². The summed E-state index contributed by atoms with van der Waals surface area (Å²) in [6.45, 7) is 8.98. The Morgan fingerprint density at radius 1 is 1.15 bits per heavy atom. The second kappa shape index (κ2) is 9.69. The van der Waals surface area contributed by atoms with Gasteiger partial charge in [-0.3, -0.25) is 19.4 Å². The third-order valence-corrected chi connectivity index (χ3v) is 7.79. The first kappa shape index (κ1) is 22.8. The molecule has 0 unspecified atom stereocenters. The zero-order valence-corrected chi connectivity index (χ0v) is 20.4. The molecule has 3 N–H and O–H groups in total. The summed E-state index contributed by atoms with van der Waals surface area (Å²) in [6, 6.07) is 8.22. The Balaban J connectivity index is 1.08. The van der Waals surface area contributed by atoms with Crippen LogP contribution in [0.2, 0.25) is 0 Å². The maximum Gasteiger partial charge on any atom is 0.259 e. The molecular weight excluding hydrogens is 448 g/mol. The second-order valence-electron chi connectivity index (χ2n) is 8.99. The monoisotopic (exact) mass is 478 g/mol. The number of aryl methyl sites for hydroxylation is 2. The average Bonchev–Trinajstić information content (AvgIpc) is 3.35. The lowest BCUT2D eigenvalue weighted by Crippen LogP contribution is -2.49. The first-order valence-electron chi connectivity index (χ1n) is 11.7. The van der Waals surface area contributed by atoms with Gasteiger partial charge in [0.2, 0.25) is 5.91 Å². The van der Waals surface area contributed by atoms with Crippen LogP contribution in [0.3, 0.4) is 0 Å². The quantitative estimate of drug-likeness (QED) is 0.379. The van der Waals surface area contributed by atoms with E-state index in [-0.39, 0.29) is 11.5 Å². The van der Waals surface area contributed by atoms with Crippen LogP contribution in [0.4, 0.5) is 0 Å². The molecule has 0 bridgehead atoms. The van der Waals surface area contributed by atoms with Crippen LogP contribution in [-0.2, 0) is 17.8 Å². The number of hydrogen-bond acceptors (Lipinski definition) is 6. The number of hydrogen-bond donors (Lipinski definition) is 3. The fourth-order valence-corrected chi connectivity index (χ4v) is 5.67. The normalized spacial score (nSPS) is 15.4. The fraction of sp³-hybridized carbons (Fsp3) is 0.400. The standard InChI is InChI=1S/C25H30N6O2S/c1-16-17(2)34-25-23(16)24(33)28-21(29-25)14-30-9-11-31(12-10-30)15-22(32)26-8-7-18-13-27-20-6-4-3-5-19(18)20/h3-6,13,27H,7-12,14-15H2,1-2H3,(H,26,32)(H,28,29,33). The molecule has 0 aliphatic carbocycles. The summed E-state index contributed by atoms with van der Waals surface area (Å²) < 4.78 is 0. The average molecular weight is 479 g/mol. The minimum Gasteiger partial charge on any atom is -0.361 e. The van der Waals surface area contributed by atoms with Crippen LogP contribution in [-0.4, -0.2) is 69.9 Å². The molecule has 0 spiro atoms. The van der Waals surface area contributed by atoms with E-state index in [1.165, 1.54) is 10.9 Å². The van der Waals surface area contributed by atoms with E-state index in [4.69, 9.17) is 4.98 Å². The largest absolute Gasteiger partial charge is 0.361 e. The van der Waals surface area contributed by atoms with Crippen molar-refractivity contribution in [2.45, 2.75) is 26.8 Å². The number of fused-ring (bicyclic) bond motifs is 2. The lowest BCUT2D eigenvalue weighted by atomic mass is 10.1. The molecule has 5 rings (SSSR count).